The Morgan fingerprint density at radius 1 is 1.08 bits per heavy atom. The minimum Gasteiger partial charge on any atom is -0.0927 e. The monoisotopic (exact) mass is 148 g/mol. The van der Waals surface area contributed by atoms with E-state index in [1.165, 1.54) is 25.5 Å². The zero-order chi connectivity index (χ0) is 9.14. The smallest absolute Gasteiger partial charge is 0.0927 e. The van der Waals surface area contributed by atoms with Gasteiger partial charge in [-0.05, 0) is 0 Å². The van der Waals surface area contributed by atoms with E-state index in [0.29, 0.717) is 13.1 Å². The Labute approximate surface area is 81.8 Å². The van der Waals surface area contributed by atoms with Gasteiger partial charge in [0.25, 0.3) is 0 Å². The first-order valence-corrected chi connectivity index (χ1v) is 4.89. The number of rotatable bonds is 2. The van der Waals surface area contributed by atoms with Crippen molar-refractivity contribution in [3.63, 3.8) is 0 Å². The molecule has 52 valence electrons. The zero-order valence-electron chi connectivity index (χ0n) is 7.87. The normalized spacial score (nSPS) is 17.8. The molecule has 0 bridgehead atoms. The molecule has 1 fully saturated rings. The lowest BCUT2D eigenvalue weighted by Gasteiger charge is -2.30. The molecular formula is C5H11B7. The highest BCUT2D eigenvalue weighted by Gasteiger charge is 2.33. The molecule has 0 aromatic carbocycles. The highest BCUT2D eigenvalue weighted by Crippen LogP contribution is 2.19. The van der Waals surface area contributed by atoms with Crippen LogP contribution in [0.1, 0.15) is 12.8 Å². The summed E-state index contributed by atoms with van der Waals surface area (Å²) in [5.41, 5.74) is 0. The van der Waals surface area contributed by atoms with Crippen LogP contribution in [0.2, 0.25) is 19.5 Å². The van der Waals surface area contributed by atoms with Gasteiger partial charge in [0.2, 0.25) is 0 Å². The van der Waals surface area contributed by atoms with Gasteiger partial charge in [-0.1, -0.05) is 32.3 Å². The van der Waals surface area contributed by atoms with Gasteiger partial charge >= 0.3 is 0 Å². The van der Waals surface area contributed by atoms with E-state index in [9.17, 15) is 0 Å². The molecule has 1 aliphatic heterocycles. The molecule has 0 atom stereocenters. The lowest BCUT2D eigenvalue weighted by molar-refractivity contribution is 0.859. The lowest BCUT2D eigenvalue weighted by Crippen LogP contribution is -2.58. The molecule has 6 radical (unpaired) electrons. The van der Waals surface area contributed by atoms with E-state index in [2.05, 4.69) is 6.82 Å². The largest absolute Gasteiger partial charge is 0.0961 e. The molecule has 1 heterocycles. The van der Waals surface area contributed by atoms with E-state index < -0.39 is 0 Å². The highest BCUT2D eigenvalue weighted by atomic mass is 13.9. The van der Waals surface area contributed by atoms with Crippen LogP contribution in [0.15, 0.2) is 0 Å². The third-order valence-electron chi connectivity index (χ3n) is 3.12. The van der Waals surface area contributed by atoms with Gasteiger partial charge in [-0.15, -0.1) is 0 Å². The van der Waals surface area contributed by atoms with Gasteiger partial charge in [-0.2, -0.15) is 0 Å². The van der Waals surface area contributed by atoms with Crippen molar-refractivity contribution in [3.05, 3.63) is 0 Å². The summed E-state index contributed by atoms with van der Waals surface area (Å²) in [6.07, 6.45) is 4.74. The maximum atomic E-state index is 5.93. The third kappa shape index (κ3) is 2.47. The van der Waals surface area contributed by atoms with E-state index in [0.717, 1.165) is 0 Å². The Balaban J connectivity index is 2.47. The fraction of sp³-hybridized carbons (Fsp3) is 1.00. The van der Waals surface area contributed by atoms with Crippen LogP contribution in [-0.4, -0.2) is 49.1 Å². The fourth-order valence-electron chi connectivity index (χ4n) is 2.20. The maximum Gasteiger partial charge on any atom is 0.0961 e. The van der Waals surface area contributed by atoms with Crippen LogP contribution in [0.25, 0.3) is 0 Å². The summed E-state index contributed by atoms with van der Waals surface area (Å²) in [4.78, 5) is 0. The van der Waals surface area contributed by atoms with Crippen molar-refractivity contribution in [1.29, 1.82) is 0 Å². The van der Waals surface area contributed by atoms with E-state index in [1.54, 1.807) is 0 Å². The molecule has 0 saturated carbocycles. The van der Waals surface area contributed by atoms with Crippen molar-refractivity contribution >= 4 is 49.1 Å². The summed E-state index contributed by atoms with van der Waals surface area (Å²) in [6, 6.07) is 0. The van der Waals surface area contributed by atoms with E-state index in [1.807, 2.05) is 0 Å². The molecular weight excluding hydrogens is 136 g/mol. The number of hydrogen-bond acceptors (Lipinski definition) is 0. The molecule has 0 unspecified atom stereocenters. The molecule has 0 aliphatic carbocycles. The molecule has 0 aromatic rings. The Morgan fingerprint density at radius 3 is 2.17 bits per heavy atom. The molecule has 12 heavy (non-hydrogen) atoms. The van der Waals surface area contributed by atoms with Crippen LogP contribution < -0.4 is 0 Å². The standard InChI is InChI=1S/C5H11B7/c1-9-4-2-3-5-10(9)12(8)11(6)7/h2-5H2,1H3. The molecule has 0 nitrogen and oxygen atoms in total. The molecule has 1 rings (SSSR count). The Hall–Kier alpha value is 0.455. The van der Waals surface area contributed by atoms with Crippen molar-refractivity contribution in [2.24, 2.45) is 0 Å². The third-order valence-corrected chi connectivity index (χ3v) is 3.12. The lowest BCUT2D eigenvalue weighted by atomic mass is 8.66. The minimum absolute atomic E-state index is 0.0136. The van der Waals surface area contributed by atoms with Gasteiger partial charge in [-0.25, -0.2) is 0 Å². The summed E-state index contributed by atoms with van der Waals surface area (Å²) in [5.74, 6) is 0. The molecule has 0 aromatic heterocycles. The van der Waals surface area contributed by atoms with Crippen molar-refractivity contribution in [1.82, 2.24) is 0 Å². The van der Waals surface area contributed by atoms with E-state index >= 15 is 0 Å². The fourth-order valence-corrected chi connectivity index (χ4v) is 2.20. The van der Waals surface area contributed by atoms with Crippen molar-refractivity contribution in [3.8, 4) is 0 Å². The Morgan fingerprint density at radius 2 is 1.67 bits per heavy atom. The summed E-state index contributed by atoms with van der Waals surface area (Å²) >= 11 is 0. The van der Waals surface area contributed by atoms with Crippen LogP contribution >= 0.6 is 0 Å². The molecule has 1 aliphatic rings. The summed E-state index contributed by atoms with van der Waals surface area (Å²) in [7, 11) is 17.1. The first-order chi connectivity index (χ1) is 5.63. The average molecular weight is 147 g/mol. The zero-order valence-corrected chi connectivity index (χ0v) is 7.87. The SMILES string of the molecule is [B]B([B])B([B])B1CCCCB1C. The van der Waals surface area contributed by atoms with Crippen LogP contribution in [0.4, 0.5) is 0 Å². The molecule has 1 saturated heterocycles. The van der Waals surface area contributed by atoms with E-state index in [-0.39, 0.29) is 12.8 Å². The van der Waals surface area contributed by atoms with Gasteiger partial charge < -0.3 is 0 Å². The summed E-state index contributed by atoms with van der Waals surface area (Å²) < 4.78 is 0. The van der Waals surface area contributed by atoms with Crippen LogP contribution in [0.3, 0.4) is 0 Å². The van der Waals surface area contributed by atoms with Gasteiger partial charge in [-0.3, -0.25) is 0 Å². The quantitative estimate of drug-likeness (QED) is 0.467. The van der Waals surface area contributed by atoms with Crippen molar-refractivity contribution < 1.29 is 0 Å². The van der Waals surface area contributed by atoms with Crippen LogP contribution in [0.5, 0.6) is 0 Å². The average Bonchev–Trinajstić information content (AvgIpc) is 2.04. The topological polar surface area (TPSA) is 0 Å². The highest BCUT2D eigenvalue weighted by molar-refractivity contribution is 7.86. The predicted molar refractivity (Wildman–Crippen MR) is 65.0 cm³/mol. The molecule has 0 spiro atoms. The maximum absolute atomic E-state index is 5.93. The summed E-state index contributed by atoms with van der Waals surface area (Å²) in [6.45, 7) is 3.49. The molecule has 0 amide bonds. The van der Waals surface area contributed by atoms with Crippen LogP contribution in [-0.2, 0) is 0 Å². The van der Waals surface area contributed by atoms with Crippen molar-refractivity contribution in [2.75, 3.05) is 0 Å². The molecule has 0 N–H and O–H groups in total. The Bertz CT molecular complexity index is 138. The first-order valence-electron chi connectivity index (χ1n) is 4.89. The first kappa shape index (κ1) is 10.5. The van der Waals surface area contributed by atoms with Crippen molar-refractivity contribution in [2.45, 2.75) is 32.3 Å². The second-order valence-corrected chi connectivity index (χ2v) is 4.08. The van der Waals surface area contributed by atoms with Gasteiger partial charge in [0.05, 0.1) is 13.1 Å². The predicted octanol–water partition coefficient (Wildman–Crippen LogP) is -0.380. The minimum atomic E-state index is -0.351. The van der Waals surface area contributed by atoms with Gasteiger partial charge in [0, 0.05) is 36.0 Å². The van der Waals surface area contributed by atoms with Crippen LogP contribution in [0, 0.1) is 0 Å². The van der Waals surface area contributed by atoms with Gasteiger partial charge in [0.1, 0.15) is 0 Å². The second-order valence-electron chi connectivity index (χ2n) is 4.08. The number of hydrogen-bond donors (Lipinski definition) is 0. The van der Waals surface area contributed by atoms with Gasteiger partial charge in [0.15, 0.2) is 0 Å². The molecule has 7 heteroatoms. The summed E-state index contributed by atoms with van der Waals surface area (Å²) in [5, 5.41) is 0. The second kappa shape index (κ2) is 4.62. The Kier molecular flexibility index (Phi) is 4.06. The van der Waals surface area contributed by atoms with E-state index in [4.69, 9.17) is 23.2 Å².